The van der Waals surface area contributed by atoms with E-state index >= 15 is 0 Å². The molecular formula is C20H22ClNO5S. The smallest absolute Gasteiger partial charge is 0.307 e. The molecule has 0 spiro atoms. The number of sulfone groups is 1. The highest BCUT2D eigenvalue weighted by Gasteiger charge is 2.18. The summed E-state index contributed by atoms with van der Waals surface area (Å²) in [5.41, 5.74) is 3.14. The molecule has 2 aromatic carbocycles. The van der Waals surface area contributed by atoms with E-state index in [0.29, 0.717) is 10.7 Å². The van der Waals surface area contributed by atoms with Crippen molar-refractivity contribution in [1.82, 2.24) is 0 Å². The monoisotopic (exact) mass is 423 g/mol. The highest BCUT2D eigenvalue weighted by Crippen LogP contribution is 2.27. The van der Waals surface area contributed by atoms with Gasteiger partial charge in [0.1, 0.15) is 0 Å². The summed E-state index contributed by atoms with van der Waals surface area (Å²) in [6.07, 6.45) is -0.339. The molecule has 0 saturated carbocycles. The van der Waals surface area contributed by atoms with Crippen LogP contribution in [0.2, 0.25) is 5.02 Å². The lowest BCUT2D eigenvalue weighted by Crippen LogP contribution is -2.22. The number of hydrogen-bond acceptors (Lipinski definition) is 5. The molecule has 0 aromatic heterocycles. The maximum absolute atomic E-state index is 12.2. The Bertz CT molecular complexity index is 961. The van der Waals surface area contributed by atoms with Crippen LogP contribution < -0.4 is 5.32 Å². The first kappa shape index (κ1) is 21.9. The lowest BCUT2D eigenvalue weighted by molar-refractivity contribution is -0.146. The Hall–Kier alpha value is -2.38. The molecule has 8 heteroatoms. The van der Waals surface area contributed by atoms with E-state index in [4.69, 9.17) is 16.3 Å². The Labute approximate surface area is 169 Å². The predicted octanol–water partition coefficient (Wildman–Crippen LogP) is 3.61. The lowest BCUT2D eigenvalue weighted by atomic mass is 10.1. The summed E-state index contributed by atoms with van der Waals surface area (Å²) in [6.45, 7) is 5.02. The molecule has 0 atom stereocenters. The molecule has 0 bridgehead atoms. The second kappa shape index (κ2) is 9.21. The number of halogens is 1. The van der Waals surface area contributed by atoms with Crippen LogP contribution in [0.15, 0.2) is 41.3 Å². The SMILES string of the molecule is Cc1ccc(S(=O)(=O)CCC(=O)OCC(=O)Nc2c(C)cc(C)cc2Cl)cc1. The minimum Gasteiger partial charge on any atom is -0.456 e. The van der Waals surface area contributed by atoms with E-state index < -0.39 is 28.3 Å². The molecule has 2 aromatic rings. The number of aryl methyl sites for hydroxylation is 3. The molecule has 0 heterocycles. The molecule has 0 unspecified atom stereocenters. The van der Waals surface area contributed by atoms with Crippen LogP contribution in [0.25, 0.3) is 0 Å². The summed E-state index contributed by atoms with van der Waals surface area (Å²) in [7, 11) is -3.59. The van der Waals surface area contributed by atoms with Crippen LogP contribution in [0.1, 0.15) is 23.1 Å². The number of anilines is 1. The van der Waals surface area contributed by atoms with E-state index in [1.165, 1.54) is 12.1 Å². The molecule has 0 radical (unpaired) electrons. The third kappa shape index (κ3) is 6.07. The molecule has 150 valence electrons. The Morgan fingerprint density at radius 1 is 1.04 bits per heavy atom. The molecular weight excluding hydrogens is 402 g/mol. The standard InChI is InChI=1S/C20H22ClNO5S/c1-13-4-6-16(7-5-13)28(25,26)9-8-19(24)27-12-18(23)22-20-15(3)10-14(2)11-17(20)21/h4-7,10-11H,8-9,12H2,1-3H3,(H,22,23). The minimum atomic E-state index is -3.59. The van der Waals surface area contributed by atoms with Crippen molar-refractivity contribution < 1.29 is 22.7 Å². The maximum Gasteiger partial charge on any atom is 0.307 e. The number of esters is 1. The largest absolute Gasteiger partial charge is 0.456 e. The van der Waals surface area contributed by atoms with Crippen molar-refractivity contribution in [2.75, 3.05) is 17.7 Å². The van der Waals surface area contributed by atoms with Crippen LogP contribution >= 0.6 is 11.6 Å². The Morgan fingerprint density at radius 3 is 2.29 bits per heavy atom. The van der Waals surface area contributed by atoms with Gasteiger partial charge in [-0.2, -0.15) is 0 Å². The fraction of sp³-hybridized carbons (Fsp3) is 0.300. The molecule has 0 fully saturated rings. The zero-order valence-electron chi connectivity index (χ0n) is 15.9. The van der Waals surface area contributed by atoms with Crippen molar-refractivity contribution in [2.45, 2.75) is 32.1 Å². The summed E-state index contributed by atoms with van der Waals surface area (Å²) >= 11 is 6.12. The number of carbonyl (C=O) groups excluding carboxylic acids is 2. The van der Waals surface area contributed by atoms with Gasteiger partial charge in [-0.1, -0.05) is 35.4 Å². The van der Waals surface area contributed by atoms with E-state index in [2.05, 4.69) is 5.32 Å². The van der Waals surface area contributed by atoms with E-state index in [-0.39, 0.29) is 17.1 Å². The number of ether oxygens (including phenoxy) is 1. The van der Waals surface area contributed by atoms with Gasteiger partial charge in [0, 0.05) is 0 Å². The Balaban J connectivity index is 1.85. The van der Waals surface area contributed by atoms with Gasteiger partial charge < -0.3 is 10.1 Å². The van der Waals surface area contributed by atoms with E-state index in [1.807, 2.05) is 19.9 Å². The van der Waals surface area contributed by atoms with Crippen LogP contribution in [-0.2, 0) is 24.2 Å². The van der Waals surface area contributed by atoms with Crippen LogP contribution in [0.3, 0.4) is 0 Å². The molecule has 2 rings (SSSR count). The maximum atomic E-state index is 12.2. The Kier molecular flexibility index (Phi) is 7.21. The number of rotatable bonds is 7. The molecule has 0 aliphatic carbocycles. The number of hydrogen-bond donors (Lipinski definition) is 1. The average Bonchev–Trinajstić information content (AvgIpc) is 2.61. The van der Waals surface area contributed by atoms with Crippen molar-refractivity contribution >= 4 is 39.0 Å². The molecule has 28 heavy (non-hydrogen) atoms. The van der Waals surface area contributed by atoms with Crippen molar-refractivity contribution in [3.63, 3.8) is 0 Å². The normalized spacial score (nSPS) is 11.1. The molecule has 1 N–H and O–H groups in total. The van der Waals surface area contributed by atoms with Gasteiger partial charge >= 0.3 is 5.97 Å². The third-order valence-corrected chi connectivity index (χ3v) is 6.05. The topological polar surface area (TPSA) is 89.5 Å². The van der Waals surface area contributed by atoms with Gasteiger partial charge in [0.25, 0.3) is 5.91 Å². The number of nitrogens with one attached hydrogen (secondary N) is 1. The summed E-state index contributed by atoms with van der Waals surface area (Å²) in [5, 5.41) is 2.99. The van der Waals surface area contributed by atoms with Gasteiger partial charge in [0.05, 0.1) is 27.8 Å². The lowest BCUT2D eigenvalue weighted by Gasteiger charge is -2.12. The summed E-state index contributed by atoms with van der Waals surface area (Å²) in [6, 6.07) is 9.95. The Morgan fingerprint density at radius 2 is 1.68 bits per heavy atom. The van der Waals surface area contributed by atoms with Crippen molar-refractivity contribution in [1.29, 1.82) is 0 Å². The van der Waals surface area contributed by atoms with Crippen LogP contribution in [-0.4, -0.2) is 32.7 Å². The van der Waals surface area contributed by atoms with Gasteiger partial charge in [-0.05, 0) is 50.1 Å². The fourth-order valence-electron chi connectivity index (χ4n) is 2.55. The van der Waals surface area contributed by atoms with Gasteiger partial charge in [-0.3, -0.25) is 9.59 Å². The fourth-order valence-corrected chi connectivity index (χ4v) is 4.14. The van der Waals surface area contributed by atoms with Crippen LogP contribution in [0.5, 0.6) is 0 Å². The molecule has 0 aliphatic rings. The van der Waals surface area contributed by atoms with Crippen LogP contribution in [0.4, 0.5) is 5.69 Å². The zero-order chi connectivity index (χ0) is 20.9. The van der Waals surface area contributed by atoms with E-state index in [1.54, 1.807) is 25.1 Å². The average molecular weight is 424 g/mol. The van der Waals surface area contributed by atoms with E-state index in [0.717, 1.165) is 16.7 Å². The summed E-state index contributed by atoms with van der Waals surface area (Å²) < 4.78 is 29.3. The second-order valence-corrected chi connectivity index (χ2v) is 9.05. The van der Waals surface area contributed by atoms with Gasteiger partial charge in [0.15, 0.2) is 16.4 Å². The number of amides is 1. The number of carbonyl (C=O) groups is 2. The van der Waals surface area contributed by atoms with Crippen molar-refractivity contribution in [3.8, 4) is 0 Å². The zero-order valence-corrected chi connectivity index (χ0v) is 17.5. The van der Waals surface area contributed by atoms with Gasteiger partial charge in [0.2, 0.25) is 0 Å². The molecule has 6 nitrogen and oxygen atoms in total. The van der Waals surface area contributed by atoms with Crippen molar-refractivity contribution in [2.24, 2.45) is 0 Å². The summed E-state index contributed by atoms with van der Waals surface area (Å²) in [5.74, 6) is -1.71. The molecule has 0 saturated heterocycles. The third-order valence-electron chi connectivity index (χ3n) is 4.02. The minimum absolute atomic E-state index is 0.146. The number of benzene rings is 2. The molecule has 1 amide bonds. The van der Waals surface area contributed by atoms with Gasteiger partial charge in [-0.25, -0.2) is 8.42 Å². The molecule has 0 aliphatic heterocycles. The van der Waals surface area contributed by atoms with Crippen LogP contribution in [0, 0.1) is 20.8 Å². The summed E-state index contributed by atoms with van der Waals surface area (Å²) in [4.78, 5) is 24.0. The first-order chi connectivity index (χ1) is 13.1. The highest BCUT2D eigenvalue weighted by molar-refractivity contribution is 7.91. The first-order valence-electron chi connectivity index (χ1n) is 8.60. The van der Waals surface area contributed by atoms with E-state index in [9.17, 15) is 18.0 Å². The quantitative estimate of drug-likeness (QED) is 0.687. The van der Waals surface area contributed by atoms with Crippen molar-refractivity contribution in [3.05, 3.63) is 58.1 Å². The highest BCUT2D eigenvalue weighted by atomic mass is 35.5. The predicted molar refractivity (Wildman–Crippen MR) is 108 cm³/mol. The van der Waals surface area contributed by atoms with Gasteiger partial charge in [-0.15, -0.1) is 0 Å². The first-order valence-corrected chi connectivity index (χ1v) is 10.6. The second-order valence-electron chi connectivity index (χ2n) is 6.53.